The fourth-order valence-electron chi connectivity index (χ4n) is 1.69. The third kappa shape index (κ3) is 3.50. The molecule has 84 valence electrons. The zero-order valence-electron chi connectivity index (χ0n) is 9.03. The van der Waals surface area contributed by atoms with Crippen LogP contribution in [-0.2, 0) is 6.42 Å². The second-order valence-electron chi connectivity index (χ2n) is 3.92. The first-order valence-corrected chi connectivity index (χ1v) is 6.57. The van der Waals surface area contributed by atoms with Gasteiger partial charge in [-0.05, 0) is 37.3 Å². The molecule has 2 heterocycles. The first-order chi connectivity index (χ1) is 7.34. The van der Waals surface area contributed by atoms with Gasteiger partial charge in [-0.2, -0.15) is 16.7 Å². The van der Waals surface area contributed by atoms with Gasteiger partial charge in [-0.1, -0.05) is 5.16 Å². The van der Waals surface area contributed by atoms with E-state index in [1.807, 2.05) is 6.92 Å². The van der Waals surface area contributed by atoms with Gasteiger partial charge in [0.1, 0.15) is 0 Å². The van der Waals surface area contributed by atoms with Crippen LogP contribution in [0.25, 0.3) is 0 Å². The molecule has 1 saturated heterocycles. The zero-order chi connectivity index (χ0) is 10.5. The minimum absolute atomic E-state index is 0.720. The summed E-state index contributed by atoms with van der Waals surface area (Å²) in [5.74, 6) is 4.96. The van der Waals surface area contributed by atoms with Gasteiger partial charge in [0.05, 0.1) is 0 Å². The molecule has 1 aliphatic heterocycles. The Bertz CT molecular complexity index is 297. The maximum atomic E-state index is 5.03. The molecule has 0 amide bonds. The van der Waals surface area contributed by atoms with Crippen molar-refractivity contribution < 1.29 is 4.52 Å². The van der Waals surface area contributed by atoms with Crippen LogP contribution in [0.15, 0.2) is 4.52 Å². The summed E-state index contributed by atoms with van der Waals surface area (Å²) in [4.78, 5) is 4.16. The van der Waals surface area contributed by atoms with E-state index in [0.717, 1.165) is 37.1 Å². The summed E-state index contributed by atoms with van der Waals surface area (Å²) in [6, 6.07) is 0. The molecule has 0 spiro atoms. The first-order valence-electron chi connectivity index (χ1n) is 5.42. The van der Waals surface area contributed by atoms with Crippen LogP contribution in [0.3, 0.4) is 0 Å². The zero-order valence-corrected chi connectivity index (χ0v) is 9.85. The number of aryl methyl sites for hydroxylation is 1. The topological polar surface area (TPSA) is 51.0 Å². The van der Waals surface area contributed by atoms with Crippen molar-refractivity contribution in [1.29, 1.82) is 0 Å². The highest BCUT2D eigenvalue weighted by Gasteiger charge is 2.14. The Morgan fingerprint density at radius 1 is 1.60 bits per heavy atom. The van der Waals surface area contributed by atoms with Gasteiger partial charge in [-0.3, -0.25) is 0 Å². The van der Waals surface area contributed by atoms with Crippen molar-refractivity contribution in [2.24, 2.45) is 5.92 Å². The maximum Gasteiger partial charge on any atom is 0.227 e. The van der Waals surface area contributed by atoms with Crippen LogP contribution >= 0.6 is 11.8 Å². The summed E-state index contributed by atoms with van der Waals surface area (Å²) >= 11 is 2.06. The molecule has 0 saturated carbocycles. The second kappa shape index (κ2) is 5.51. The smallest absolute Gasteiger partial charge is 0.227 e. The van der Waals surface area contributed by atoms with Gasteiger partial charge in [0.2, 0.25) is 5.89 Å². The van der Waals surface area contributed by atoms with E-state index in [9.17, 15) is 0 Å². The minimum atomic E-state index is 0.720. The Labute approximate surface area is 94.2 Å². The Hall–Kier alpha value is -0.550. The van der Waals surface area contributed by atoms with Crippen molar-refractivity contribution in [1.82, 2.24) is 15.5 Å². The van der Waals surface area contributed by atoms with Crippen LogP contribution in [0.2, 0.25) is 0 Å². The number of nitrogens with zero attached hydrogens (tertiary/aromatic N) is 2. The van der Waals surface area contributed by atoms with Crippen molar-refractivity contribution in [2.45, 2.75) is 19.8 Å². The standard InChI is InChI=1S/C10H17N3OS/c1-8-12-10(14-13-8)2-4-11-6-9-3-5-15-7-9/h9,11H,2-7H2,1H3. The van der Waals surface area contributed by atoms with Crippen LogP contribution in [0.5, 0.6) is 0 Å². The van der Waals surface area contributed by atoms with Gasteiger partial charge in [0, 0.05) is 13.0 Å². The summed E-state index contributed by atoms with van der Waals surface area (Å²) in [6.07, 6.45) is 2.19. The lowest BCUT2D eigenvalue weighted by atomic mass is 10.1. The molecule has 2 rings (SSSR count). The van der Waals surface area contributed by atoms with E-state index in [1.165, 1.54) is 17.9 Å². The molecule has 1 aliphatic rings. The van der Waals surface area contributed by atoms with E-state index in [4.69, 9.17) is 4.52 Å². The number of hydrogen-bond acceptors (Lipinski definition) is 5. The van der Waals surface area contributed by atoms with Crippen LogP contribution in [0.4, 0.5) is 0 Å². The Balaban J connectivity index is 1.58. The predicted molar refractivity (Wildman–Crippen MR) is 61.0 cm³/mol. The Morgan fingerprint density at radius 2 is 2.53 bits per heavy atom. The fraction of sp³-hybridized carbons (Fsp3) is 0.800. The van der Waals surface area contributed by atoms with Crippen molar-refractivity contribution in [3.05, 3.63) is 11.7 Å². The lowest BCUT2D eigenvalue weighted by Crippen LogP contribution is -2.24. The monoisotopic (exact) mass is 227 g/mol. The van der Waals surface area contributed by atoms with Crippen molar-refractivity contribution in [3.8, 4) is 0 Å². The van der Waals surface area contributed by atoms with Crippen molar-refractivity contribution >= 4 is 11.8 Å². The summed E-state index contributed by atoms with van der Waals surface area (Å²) in [6.45, 7) is 3.90. The van der Waals surface area contributed by atoms with E-state index in [1.54, 1.807) is 0 Å². The Kier molecular flexibility index (Phi) is 4.02. The molecule has 1 atom stereocenters. The molecular formula is C10H17N3OS. The summed E-state index contributed by atoms with van der Waals surface area (Å²) in [5, 5.41) is 7.20. The van der Waals surface area contributed by atoms with Gasteiger partial charge >= 0.3 is 0 Å². The number of rotatable bonds is 5. The predicted octanol–water partition coefficient (Wildman–Crippen LogP) is 1.26. The van der Waals surface area contributed by atoms with Crippen molar-refractivity contribution in [2.75, 3.05) is 24.6 Å². The van der Waals surface area contributed by atoms with Crippen molar-refractivity contribution in [3.63, 3.8) is 0 Å². The van der Waals surface area contributed by atoms with Crippen LogP contribution in [-0.4, -0.2) is 34.7 Å². The van der Waals surface area contributed by atoms with E-state index >= 15 is 0 Å². The SMILES string of the molecule is Cc1noc(CCNCC2CCSC2)n1. The number of hydrogen-bond donors (Lipinski definition) is 1. The van der Waals surface area contributed by atoms with E-state index < -0.39 is 0 Å². The van der Waals surface area contributed by atoms with Crippen LogP contribution in [0.1, 0.15) is 18.1 Å². The molecule has 0 radical (unpaired) electrons. The maximum absolute atomic E-state index is 5.03. The molecule has 1 unspecified atom stereocenters. The molecule has 0 bridgehead atoms. The second-order valence-corrected chi connectivity index (χ2v) is 5.07. The average molecular weight is 227 g/mol. The lowest BCUT2D eigenvalue weighted by Gasteiger charge is -2.08. The Morgan fingerprint density at radius 3 is 3.20 bits per heavy atom. The highest BCUT2D eigenvalue weighted by molar-refractivity contribution is 7.99. The third-order valence-electron chi connectivity index (χ3n) is 2.54. The van der Waals surface area contributed by atoms with E-state index in [-0.39, 0.29) is 0 Å². The highest BCUT2D eigenvalue weighted by atomic mass is 32.2. The molecule has 5 heteroatoms. The quantitative estimate of drug-likeness (QED) is 0.768. The summed E-state index contributed by atoms with van der Waals surface area (Å²) in [7, 11) is 0. The molecule has 1 N–H and O–H groups in total. The molecule has 0 aliphatic carbocycles. The van der Waals surface area contributed by atoms with Gasteiger partial charge in [0.15, 0.2) is 5.82 Å². The number of nitrogens with one attached hydrogen (secondary N) is 1. The molecule has 1 aromatic heterocycles. The molecule has 0 aromatic carbocycles. The largest absolute Gasteiger partial charge is 0.339 e. The normalized spacial score (nSPS) is 21.0. The minimum Gasteiger partial charge on any atom is -0.339 e. The fourth-order valence-corrected chi connectivity index (χ4v) is 2.97. The van der Waals surface area contributed by atoms with E-state index in [2.05, 4.69) is 27.2 Å². The molecule has 4 nitrogen and oxygen atoms in total. The number of aromatic nitrogens is 2. The average Bonchev–Trinajstić information content (AvgIpc) is 2.84. The lowest BCUT2D eigenvalue weighted by molar-refractivity contribution is 0.370. The van der Waals surface area contributed by atoms with Gasteiger partial charge in [0.25, 0.3) is 0 Å². The molecular weight excluding hydrogens is 210 g/mol. The molecule has 15 heavy (non-hydrogen) atoms. The van der Waals surface area contributed by atoms with Crippen LogP contribution in [0, 0.1) is 12.8 Å². The number of thioether (sulfide) groups is 1. The molecule has 1 fully saturated rings. The molecule has 1 aromatic rings. The summed E-state index contributed by atoms with van der Waals surface area (Å²) in [5.41, 5.74) is 0. The van der Waals surface area contributed by atoms with Gasteiger partial charge < -0.3 is 9.84 Å². The third-order valence-corrected chi connectivity index (χ3v) is 3.77. The highest BCUT2D eigenvalue weighted by Crippen LogP contribution is 2.22. The van der Waals surface area contributed by atoms with Crippen LogP contribution < -0.4 is 5.32 Å². The summed E-state index contributed by atoms with van der Waals surface area (Å²) < 4.78 is 5.03. The van der Waals surface area contributed by atoms with Gasteiger partial charge in [-0.15, -0.1) is 0 Å². The first kappa shape index (κ1) is 11.0. The van der Waals surface area contributed by atoms with Gasteiger partial charge in [-0.25, -0.2) is 0 Å². The van der Waals surface area contributed by atoms with E-state index in [0.29, 0.717) is 0 Å².